The molecule has 2 aromatic carbocycles. The molecule has 3 rings (SSSR count). The van der Waals surface area contributed by atoms with E-state index in [1.54, 1.807) is 0 Å². The normalized spacial score (nSPS) is 11.8. The molecule has 1 aromatic heterocycles. The Morgan fingerprint density at radius 3 is 2.81 bits per heavy atom. The molecule has 0 aliphatic carbocycles. The van der Waals surface area contributed by atoms with Crippen LogP contribution in [0.1, 0.15) is 6.92 Å². The van der Waals surface area contributed by atoms with E-state index >= 15 is 0 Å². The van der Waals surface area contributed by atoms with Crippen molar-refractivity contribution in [2.75, 3.05) is 5.43 Å². The molecule has 0 saturated carbocycles. The van der Waals surface area contributed by atoms with Crippen LogP contribution in [-0.2, 0) is 4.79 Å². The minimum absolute atomic E-state index is 0.00145. The number of nitrogens with zero attached hydrogens (tertiary/aromatic N) is 2. The molecular weight excluding hydrogens is 266 g/mol. The number of hydrogen-bond acceptors (Lipinski definition) is 4. The van der Waals surface area contributed by atoms with E-state index in [4.69, 9.17) is 5.11 Å². The van der Waals surface area contributed by atoms with Crippen molar-refractivity contribution in [2.45, 2.75) is 6.92 Å². The Bertz CT molecular complexity index is 872. The zero-order valence-electron chi connectivity index (χ0n) is 11.4. The summed E-state index contributed by atoms with van der Waals surface area (Å²) < 4.78 is 0. The number of aliphatic carboxylic acids is 1. The van der Waals surface area contributed by atoms with Crippen molar-refractivity contribution in [3.63, 3.8) is 0 Å². The van der Waals surface area contributed by atoms with Gasteiger partial charge in [-0.1, -0.05) is 30.3 Å². The Balaban J connectivity index is 2.03. The van der Waals surface area contributed by atoms with Crippen LogP contribution in [0.25, 0.3) is 21.7 Å². The van der Waals surface area contributed by atoms with E-state index in [2.05, 4.69) is 21.6 Å². The largest absolute Gasteiger partial charge is 0.477 e. The van der Waals surface area contributed by atoms with Gasteiger partial charge in [0.1, 0.15) is 5.71 Å². The van der Waals surface area contributed by atoms with Crippen LogP contribution in [0.3, 0.4) is 0 Å². The SMILES string of the molecule is CC(=NNc1ccc2c(c1)ncc1ccccc12)C(=O)O. The Hall–Kier alpha value is -2.95. The number of nitrogens with one attached hydrogen (secondary N) is 1. The van der Waals surface area contributed by atoms with Gasteiger partial charge in [0.05, 0.1) is 11.2 Å². The summed E-state index contributed by atoms with van der Waals surface area (Å²) in [5, 5.41) is 15.8. The standard InChI is InChI=1S/C16H13N3O2/c1-10(16(20)21)18-19-12-6-7-14-13-5-3-2-4-11(13)9-17-15(14)8-12/h2-9,19H,1H3,(H,20,21). The number of benzene rings is 2. The van der Waals surface area contributed by atoms with Gasteiger partial charge >= 0.3 is 5.97 Å². The molecule has 104 valence electrons. The van der Waals surface area contributed by atoms with Gasteiger partial charge in [-0.15, -0.1) is 0 Å². The average molecular weight is 279 g/mol. The molecule has 0 atom stereocenters. The molecular formula is C16H13N3O2. The fraction of sp³-hybridized carbons (Fsp3) is 0.0625. The average Bonchev–Trinajstić information content (AvgIpc) is 2.52. The predicted octanol–water partition coefficient (Wildman–Crippen LogP) is 3.26. The molecule has 1 heterocycles. The van der Waals surface area contributed by atoms with Gasteiger partial charge in [-0.05, 0) is 24.4 Å². The molecule has 5 heteroatoms. The van der Waals surface area contributed by atoms with Crippen LogP contribution in [0, 0.1) is 0 Å². The molecule has 0 fully saturated rings. The van der Waals surface area contributed by atoms with Gasteiger partial charge in [0.2, 0.25) is 0 Å². The van der Waals surface area contributed by atoms with Crippen LogP contribution in [0.4, 0.5) is 5.69 Å². The number of hydrazone groups is 1. The lowest BCUT2D eigenvalue weighted by Crippen LogP contribution is -2.10. The number of carbonyl (C=O) groups is 1. The monoisotopic (exact) mass is 279 g/mol. The molecule has 3 aromatic rings. The Labute approximate surface area is 120 Å². The van der Waals surface area contributed by atoms with Gasteiger partial charge in [-0.2, -0.15) is 5.10 Å². The van der Waals surface area contributed by atoms with Crippen LogP contribution in [0.5, 0.6) is 0 Å². The number of hydrogen-bond donors (Lipinski definition) is 2. The highest BCUT2D eigenvalue weighted by Gasteiger charge is 2.04. The Morgan fingerprint density at radius 2 is 2.00 bits per heavy atom. The number of carboxylic acids is 1. The second kappa shape index (κ2) is 5.20. The van der Waals surface area contributed by atoms with Crippen LogP contribution < -0.4 is 5.43 Å². The highest BCUT2D eigenvalue weighted by Crippen LogP contribution is 2.25. The zero-order chi connectivity index (χ0) is 14.8. The van der Waals surface area contributed by atoms with Gasteiger partial charge in [0.25, 0.3) is 0 Å². The maximum Gasteiger partial charge on any atom is 0.351 e. The number of aromatic nitrogens is 1. The minimum atomic E-state index is -1.05. The highest BCUT2D eigenvalue weighted by atomic mass is 16.4. The molecule has 21 heavy (non-hydrogen) atoms. The molecule has 0 saturated heterocycles. The Kier molecular flexibility index (Phi) is 3.23. The van der Waals surface area contributed by atoms with Gasteiger partial charge in [-0.25, -0.2) is 4.79 Å². The fourth-order valence-corrected chi connectivity index (χ4v) is 2.13. The number of fused-ring (bicyclic) bond motifs is 3. The predicted molar refractivity (Wildman–Crippen MR) is 83.6 cm³/mol. The quantitative estimate of drug-likeness (QED) is 0.438. The first-order chi connectivity index (χ1) is 10.1. The molecule has 0 aliphatic rings. The van der Waals surface area contributed by atoms with Crippen molar-refractivity contribution in [1.29, 1.82) is 0 Å². The van der Waals surface area contributed by atoms with Crippen molar-refractivity contribution >= 4 is 39.0 Å². The third-order valence-electron chi connectivity index (χ3n) is 3.25. The molecule has 0 radical (unpaired) electrons. The van der Waals surface area contributed by atoms with Crippen molar-refractivity contribution in [1.82, 2.24) is 4.98 Å². The third-order valence-corrected chi connectivity index (χ3v) is 3.25. The van der Waals surface area contributed by atoms with Crippen LogP contribution in [0.2, 0.25) is 0 Å². The fourth-order valence-electron chi connectivity index (χ4n) is 2.13. The van der Waals surface area contributed by atoms with Crippen molar-refractivity contribution in [3.05, 3.63) is 48.7 Å². The maximum absolute atomic E-state index is 10.7. The van der Waals surface area contributed by atoms with E-state index < -0.39 is 5.97 Å². The molecule has 5 nitrogen and oxygen atoms in total. The van der Waals surface area contributed by atoms with Gasteiger partial charge in [0.15, 0.2) is 0 Å². The second-order valence-electron chi connectivity index (χ2n) is 4.69. The summed E-state index contributed by atoms with van der Waals surface area (Å²) in [5.41, 5.74) is 4.27. The lowest BCUT2D eigenvalue weighted by molar-refractivity contribution is -0.129. The summed E-state index contributed by atoms with van der Waals surface area (Å²) in [6.45, 7) is 1.43. The van der Waals surface area contributed by atoms with Crippen LogP contribution in [0.15, 0.2) is 53.8 Å². The van der Waals surface area contributed by atoms with E-state index in [1.165, 1.54) is 6.92 Å². The second-order valence-corrected chi connectivity index (χ2v) is 4.69. The molecule has 0 aliphatic heterocycles. The first-order valence-electron chi connectivity index (χ1n) is 6.46. The molecule has 0 spiro atoms. The van der Waals surface area contributed by atoms with E-state index in [0.717, 1.165) is 21.7 Å². The van der Waals surface area contributed by atoms with Gasteiger partial charge < -0.3 is 5.11 Å². The molecule has 0 amide bonds. The van der Waals surface area contributed by atoms with E-state index in [0.29, 0.717) is 5.69 Å². The van der Waals surface area contributed by atoms with Crippen LogP contribution >= 0.6 is 0 Å². The zero-order valence-corrected chi connectivity index (χ0v) is 11.4. The van der Waals surface area contributed by atoms with Gasteiger partial charge in [-0.3, -0.25) is 10.4 Å². The lowest BCUT2D eigenvalue weighted by atomic mass is 10.1. The van der Waals surface area contributed by atoms with Crippen molar-refractivity contribution < 1.29 is 9.90 Å². The molecule has 0 bridgehead atoms. The lowest BCUT2D eigenvalue weighted by Gasteiger charge is -2.06. The summed E-state index contributed by atoms with van der Waals surface area (Å²) in [7, 11) is 0. The first-order valence-corrected chi connectivity index (χ1v) is 6.46. The summed E-state index contributed by atoms with van der Waals surface area (Å²) in [6, 6.07) is 13.7. The molecule has 0 unspecified atom stereocenters. The summed E-state index contributed by atoms with van der Waals surface area (Å²) in [6.07, 6.45) is 1.83. The number of rotatable bonds is 3. The van der Waals surface area contributed by atoms with Crippen molar-refractivity contribution in [2.24, 2.45) is 5.10 Å². The molecule has 2 N–H and O–H groups in total. The minimum Gasteiger partial charge on any atom is -0.477 e. The maximum atomic E-state index is 10.7. The highest BCUT2D eigenvalue weighted by molar-refractivity contribution is 6.34. The van der Waals surface area contributed by atoms with E-state index in [-0.39, 0.29) is 5.71 Å². The summed E-state index contributed by atoms with van der Waals surface area (Å²) in [4.78, 5) is 15.1. The van der Waals surface area contributed by atoms with Crippen molar-refractivity contribution in [3.8, 4) is 0 Å². The first kappa shape index (κ1) is 13.1. The third kappa shape index (κ3) is 2.53. The van der Waals surface area contributed by atoms with E-state index in [9.17, 15) is 4.79 Å². The smallest absolute Gasteiger partial charge is 0.351 e. The Morgan fingerprint density at radius 1 is 1.19 bits per heavy atom. The number of anilines is 1. The summed E-state index contributed by atoms with van der Waals surface area (Å²) in [5.74, 6) is -1.05. The van der Waals surface area contributed by atoms with Gasteiger partial charge in [0, 0.05) is 17.0 Å². The number of carboxylic acid groups (broad SMARTS) is 1. The van der Waals surface area contributed by atoms with Crippen LogP contribution in [-0.4, -0.2) is 21.8 Å². The van der Waals surface area contributed by atoms with E-state index in [1.807, 2.05) is 42.6 Å². The summed E-state index contributed by atoms with van der Waals surface area (Å²) >= 11 is 0. The topological polar surface area (TPSA) is 74.6 Å². The number of pyridine rings is 1.